The maximum Gasteiger partial charge on any atom is 0.413 e. The largest absolute Gasteiger partial charge is 0.453 e. The number of H-pyrrole nitrogens is 1. The number of aromatic amines is 1. The molecule has 0 spiro atoms. The number of carbonyl (C=O) groups excluding carboxylic acids is 1. The molecule has 0 saturated heterocycles. The first kappa shape index (κ1) is 24.7. The minimum absolute atomic E-state index is 0.119. The number of fused-ring (bicyclic) bond motifs is 1. The van der Waals surface area contributed by atoms with Crippen molar-refractivity contribution in [3.05, 3.63) is 54.1 Å². The SMILES string of the molecule is COC(=O)Nc1nc2ccc(S(=O)(=O)[C@H](NC[C@H](O)CCc3ccccc3)C(C)C)cc2[nH]1. The zero-order valence-electron chi connectivity index (χ0n) is 18.9. The number of aliphatic hydroxyl groups is 1. The maximum atomic E-state index is 13.4. The molecular weight excluding hydrogens is 444 g/mol. The number of sulfone groups is 1. The number of aliphatic hydroxyl groups excluding tert-OH is 1. The fraction of sp³-hybridized carbons (Fsp3) is 0.391. The summed E-state index contributed by atoms with van der Waals surface area (Å²) in [6.07, 6.45) is -0.125. The van der Waals surface area contributed by atoms with Crippen molar-refractivity contribution in [3.8, 4) is 0 Å². The maximum absolute atomic E-state index is 13.4. The highest BCUT2D eigenvalue weighted by Gasteiger charge is 2.31. The lowest BCUT2D eigenvalue weighted by atomic mass is 10.1. The van der Waals surface area contributed by atoms with Crippen LogP contribution in [0, 0.1) is 5.92 Å². The number of amides is 1. The predicted molar refractivity (Wildman–Crippen MR) is 127 cm³/mol. The fourth-order valence-corrected chi connectivity index (χ4v) is 5.42. The van der Waals surface area contributed by atoms with E-state index in [0.717, 1.165) is 5.56 Å². The smallest absolute Gasteiger partial charge is 0.413 e. The Kier molecular flexibility index (Phi) is 8.06. The summed E-state index contributed by atoms with van der Waals surface area (Å²) in [7, 11) is -2.52. The topological polar surface area (TPSA) is 133 Å². The number of rotatable bonds is 10. The van der Waals surface area contributed by atoms with Gasteiger partial charge in [0.2, 0.25) is 5.95 Å². The van der Waals surface area contributed by atoms with Crippen LogP contribution in [0.5, 0.6) is 0 Å². The Morgan fingerprint density at radius 2 is 1.91 bits per heavy atom. The molecule has 9 nitrogen and oxygen atoms in total. The minimum atomic E-state index is -3.76. The van der Waals surface area contributed by atoms with Crippen molar-refractivity contribution in [2.75, 3.05) is 19.0 Å². The van der Waals surface area contributed by atoms with E-state index in [1.165, 1.54) is 19.2 Å². The summed E-state index contributed by atoms with van der Waals surface area (Å²) < 4.78 is 31.3. The summed E-state index contributed by atoms with van der Waals surface area (Å²) in [6, 6.07) is 14.4. The van der Waals surface area contributed by atoms with Gasteiger partial charge in [0.05, 0.1) is 29.1 Å². The Bertz CT molecular complexity index is 1180. The highest BCUT2D eigenvalue weighted by atomic mass is 32.2. The molecule has 10 heteroatoms. The number of anilines is 1. The molecule has 4 N–H and O–H groups in total. The Labute approximate surface area is 193 Å². The third-order valence-corrected chi connectivity index (χ3v) is 7.58. The van der Waals surface area contributed by atoms with Gasteiger partial charge in [0.15, 0.2) is 9.84 Å². The number of imidazole rings is 1. The summed E-state index contributed by atoms with van der Waals surface area (Å²) >= 11 is 0. The lowest BCUT2D eigenvalue weighted by Gasteiger charge is -2.24. The van der Waals surface area contributed by atoms with Gasteiger partial charge < -0.3 is 14.8 Å². The van der Waals surface area contributed by atoms with Crippen molar-refractivity contribution in [1.82, 2.24) is 15.3 Å². The first-order chi connectivity index (χ1) is 15.7. The molecule has 0 radical (unpaired) electrons. The molecule has 2 atom stereocenters. The summed E-state index contributed by atoms with van der Waals surface area (Å²) in [6.45, 7) is 3.80. The first-order valence-corrected chi connectivity index (χ1v) is 12.3. The summed E-state index contributed by atoms with van der Waals surface area (Å²) in [5, 5.41) is 15.0. The number of benzene rings is 2. The molecular formula is C23H30N4O5S. The number of nitrogens with one attached hydrogen (secondary N) is 3. The van der Waals surface area contributed by atoms with Gasteiger partial charge in [-0.25, -0.2) is 18.2 Å². The minimum Gasteiger partial charge on any atom is -0.453 e. The standard InChI is InChI=1S/C23H30N4O5S/c1-15(2)21(24-14-17(28)10-9-16-7-5-4-6-8-16)33(30,31)18-11-12-19-20(13-18)26-22(25-19)27-23(29)32-3/h4-8,11-13,15,17,21,24,28H,9-10,14H2,1-3H3,(H2,25,26,27,29)/t17-,21+/m1/s1. The lowest BCUT2D eigenvalue weighted by molar-refractivity contribution is 0.159. The van der Waals surface area contributed by atoms with E-state index in [9.17, 15) is 18.3 Å². The third-order valence-electron chi connectivity index (χ3n) is 5.29. The van der Waals surface area contributed by atoms with E-state index in [1.54, 1.807) is 6.07 Å². The highest BCUT2D eigenvalue weighted by molar-refractivity contribution is 7.92. The number of hydrogen-bond donors (Lipinski definition) is 4. The molecule has 0 saturated carbocycles. The van der Waals surface area contributed by atoms with Gasteiger partial charge in [0.1, 0.15) is 5.37 Å². The van der Waals surface area contributed by atoms with Crippen molar-refractivity contribution in [3.63, 3.8) is 0 Å². The number of hydrogen-bond acceptors (Lipinski definition) is 7. The summed E-state index contributed by atoms with van der Waals surface area (Å²) in [5.41, 5.74) is 2.09. The van der Waals surface area contributed by atoms with Crippen LogP contribution in [0.15, 0.2) is 53.4 Å². The molecule has 0 unspecified atom stereocenters. The molecule has 1 aromatic heterocycles. The van der Waals surface area contributed by atoms with Crippen LogP contribution in [0.2, 0.25) is 0 Å². The van der Waals surface area contributed by atoms with Crippen LogP contribution in [0.1, 0.15) is 25.8 Å². The third kappa shape index (κ3) is 6.31. The van der Waals surface area contributed by atoms with Gasteiger partial charge in [0, 0.05) is 6.54 Å². The number of ether oxygens (including phenoxy) is 1. The van der Waals surface area contributed by atoms with Gasteiger partial charge in [-0.1, -0.05) is 44.2 Å². The molecule has 1 heterocycles. The second kappa shape index (κ2) is 10.8. The molecule has 33 heavy (non-hydrogen) atoms. The molecule has 0 bridgehead atoms. The molecule has 0 aliphatic heterocycles. The van der Waals surface area contributed by atoms with E-state index in [-0.39, 0.29) is 23.3 Å². The average molecular weight is 475 g/mol. The second-order valence-corrected chi connectivity index (χ2v) is 10.2. The average Bonchev–Trinajstić information content (AvgIpc) is 3.19. The molecule has 3 rings (SSSR count). The van der Waals surface area contributed by atoms with E-state index in [0.29, 0.717) is 23.9 Å². The number of nitrogens with zero attached hydrogens (tertiary/aromatic N) is 1. The highest BCUT2D eigenvalue weighted by Crippen LogP contribution is 2.24. The lowest BCUT2D eigenvalue weighted by Crippen LogP contribution is -2.44. The van der Waals surface area contributed by atoms with E-state index < -0.39 is 27.4 Å². The monoisotopic (exact) mass is 474 g/mol. The molecule has 0 aliphatic carbocycles. The van der Waals surface area contributed by atoms with Gasteiger partial charge in [0.25, 0.3) is 0 Å². The normalized spacial score (nSPS) is 13.7. The Balaban J connectivity index is 1.70. The van der Waals surface area contributed by atoms with Gasteiger partial charge >= 0.3 is 6.09 Å². The number of aromatic nitrogens is 2. The summed E-state index contributed by atoms with van der Waals surface area (Å²) in [4.78, 5) is 18.6. The van der Waals surface area contributed by atoms with Crippen LogP contribution in [0.25, 0.3) is 11.0 Å². The molecule has 1 amide bonds. The van der Waals surface area contributed by atoms with Crippen LogP contribution < -0.4 is 10.6 Å². The van der Waals surface area contributed by atoms with Gasteiger partial charge in [-0.05, 0) is 42.5 Å². The van der Waals surface area contributed by atoms with Crippen molar-refractivity contribution < 1.29 is 23.1 Å². The van der Waals surface area contributed by atoms with E-state index >= 15 is 0 Å². The molecule has 178 valence electrons. The Morgan fingerprint density at radius 1 is 1.18 bits per heavy atom. The molecule has 0 aliphatic rings. The van der Waals surface area contributed by atoms with E-state index in [2.05, 4.69) is 25.3 Å². The molecule has 0 fully saturated rings. The van der Waals surface area contributed by atoms with Crippen molar-refractivity contribution in [2.45, 2.75) is 43.1 Å². The fourth-order valence-electron chi connectivity index (χ4n) is 3.56. The van der Waals surface area contributed by atoms with E-state index in [1.807, 2.05) is 44.2 Å². The van der Waals surface area contributed by atoms with Gasteiger partial charge in [-0.15, -0.1) is 0 Å². The van der Waals surface area contributed by atoms with Gasteiger partial charge in [-0.3, -0.25) is 10.6 Å². The zero-order valence-corrected chi connectivity index (χ0v) is 19.7. The number of methoxy groups -OCH3 is 1. The van der Waals surface area contributed by atoms with Gasteiger partial charge in [-0.2, -0.15) is 0 Å². The second-order valence-electron chi connectivity index (χ2n) is 8.18. The van der Waals surface area contributed by atoms with Crippen LogP contribution in [0.4, 0.5) is 10.7 Å². The number of aryl methyl sites for hydroxylation is 1. The molecule has 2 aromatic carbocycles. The van der Waals surface area contributed by atoms with E-state index in [4.69, 9.17) is 0 Å². The molecule has 3 aromatic rings. The van der Waals surface area contributed by atoms with Crippen LogP contribution in [-0.4, -0.2) is 54.7 Å². The van der Waals surface area contributed by atoms with Crippen LogP contribution in [-0.2, 0) is 21.0 Å². The quantitative estimate of drug-likeness (QED) is 0.355. The van der Waals surface area contributed by atoms with Crippen molar-refractivity contribution in [1.29, 1.82) is 0 Å². The van der Waals surface area contributed by atoms with Crippen LogP contribution >= 0.6 is 0 Å². The Hall–Kier alpha value is -2.95. The van der Waals surface area contributed by atoms with Crippen molar-refractivity contribution in [2.24, 2.45) is 5.92 Å². The number of carbonyl (C=O) groups is 1. The first-order valence-electron chi connectivity index (χ1n) is 10.7. The van der Waals surface area contributed by atoms with Crippen LogP contribution in [0.3, 0.4) is 0 Å². The summed E-state index contributed by atoms with van der Waals surface area (Å²) in [5.74, 6) is -0.0724. The van der Waals surface area contributed by atoms with Crippen molar-refractivity contribution >= 4 is 32.9 Å². The Morgan fingerprint density at radius 3 is 2.58 bits per heavy atom. The predicted octanol–water partition coefficient (Wildman–Crippen LogP) is 3.08. The zero-order chi connectivity index (χ0) is 24.0.